The number of aliphatic hydroxyl groups is 1. The van der Waals surface area contributed by atoms with Gasteiger partial charge in [-0.15, -0.1) is 0 Å². The number of rotatable bonds is 10. The molecule has 0 radical (unpaired) electrons. The first-order valence-electron chi connectivity index (χ1n) is 10.8. The standard InChI is InChI=1S/C25H31Cl2N3O3/c1-4-19(26)8-6-17(2)16-18-7-13-22(24(32)29-14-5-15-31)23(28-3)30-25(18)33-21-11-9-20(27)10-12-21/h4,6,8-12,18,28,31H,1,5,7,13-16H2,2-3H3,(H,29,32)/b17-6+,19-8+. The molecule has 0 aromatic heterocycles. The fourth-order valence-corrected chi connectivity index (χ4v) is 3.50. The molecule has 1 heterocycles. The number of aliphatic hydroxyl groups excluding tert-OH is 1. The molecule has 33 heavy (non-hydrogen) atoms. The molecule has 3 N–H and O–H groups in total. The van der Waals surface area contributed by atoms with Gasteiger partial charge in [-0.3, -0.25) is 4.79 Å². The molecular weight excluding hydrogens is 461 g/mol. The number of ether oxygens (including phenoxy) is 1. The summed E-state index contributed by atoms with van der Waals surface area (Å²) in [5.74, 6) is 1.35. The van der Waals surface area contributed by atoms with Gasteiger partial charge in [-0.05, 0) is 62.9 Å². The molecule has 8 heteroatoms. The van der Waals surface area contributed by atoms with Gasteiger partial charge in [0.15, 0.2) is 5.90 Å². The number of halogens is 2. The summed E-state index contributed by atoms with van der Waals surface area (Å²) in [5, 5.41) is 16.1. The Labute approximate surface area is 205 Å². The van der Waals surface area contributed by atoms with E-state index in [1.807, 2.05) is 13.0 Å². The van der Waals surface area contributed by atoms with Crippen molar-refractivity contribution in [2.75, 3.05) is 20.2 Å². The van der Waals surface area contributed by atoms with Crippen molar-refractivity contribution in [3.63, 3.8) is 0 Å². The Morgan fingerprint density at radius 2 is 2.06 bits per heavy atom. The Bertz CT molecular complexity index is 950. The van der Waals surface area contributed by atoms with Crippen molar-refractivity contribution in [3.8, 4) is 5.75 Å². The Hall–Kier alpha value is -2.54. The third kappa shape index (κ3) is 8.72. The van der Waals surface area contributed by atoms with Gasteiger partial charge >= 0.3 is 0 Å². The van der Waals surface area contributed by atoms with Crippen LogP contribution in [-0.2, 0) is 4.79 Å². The lowest BCUT2D eigenvalue weighted by molar-refractivity contribution is -0.117. The summed E-state index contributed by atoms with van der Waals surface area (Å²) < 4.78 is 6.18. The van der Waals surface area contributed by atoms with Crippen LogP contribution in [0.2, 0.25) is 5.02 Å². The topological polar surface area (TPSA) is 83.0 Å². The Morgan fingerprint density at radius 3 is 2.70 bits per heavy atom. The van der Waals surface area contributed by atoms with Crippen molar-refractivity contribution in [1.82, 2.24) is 10.6 Å². The molecule has 0 aliphatic carbocycles. The minimum absolute atomic E-state index is 0.0213. The van der Waals surface area contributed by atoms with Gasteiger partial charge in [0.2, 0.25) is 0 Å². The lowest BCUT2D eigenvalue weighted by Gasteiger charge is -2.18. The second-order valence-corrected chi connectivity index (χ2v) is 8.50. The molecular formula is C25H31Cl2N3O3. The first-order chi connectivity index (χ1) is 15.9. The van der Waals surface area contributed by atoms with Gasteiger partial charge in [0, 0.05) is 36.2 Å². The van der Waals surface area contributed by atoms with Crippen molar-refractivity contribution in [3.05, 3.63) is 76.1 Å². The number of hydrogen-bond acceptors (Lipinski definition) is 5. The molecule has 1 aliphatic rings. The summed E-state index contributed by atoms with van der Waals surface area (Å²) in [6.45, 7) is 6.10. The van der Waals surface area contributed by atoms with Crippen molar-refractivity contribution < 1.29 is 14.6 Å². The molecule has 1 aliphatic heterocycles. The molecule has 0 saturated carbocycles. The van der Waals surface area contributed by atoms with Crippen LogP contribution in [-0.4, -0.2) is 37.1 Å². The maximum Gasteiger partial charge on any atom is 0.250 e. The number of carbonyl (C=O) groups excluding carboxylic acids is 1. The fourth-order valence-electron chi connectivity index (χ4n) is 3.31. The molecule has 1 atom stereocenters. The first-order valence-corrected chi connectivity index (χ1v) is 11.6. The zero-order valence-electron chi connectivity index (χ0n) is 19.0. The van der Waals surface area contributed by atoms with Crippen LogP contribution < -0.4 is 15.4 Å². The van der Waals surface area contributed by atoms with E-state index in [9.17, 15) is 4.79 Å². The highest BCUT2D eigenvalue weighted by molar-refractivity contribution is 6.31. The summed E-state index contributed by atoms with van der Waals surface area (Å²) in [7, 11) is 1.73. The lowest BCUT2D eigenvalue weighted by atomic mass is 9.93. The van der Waals surface area contributed by atoms with Crippen LogP contribution in [0.25, 0.3) is 0 Å². The normalized spacial score (nSPS) is 17.2. The van der Waals surface area contributed by atoms with Gasteiger partial charge in [0.25, 0.3) is 5.91 Å². The highest BCUT2D eigenvalue weighted by Crippen LogP contribution is 2.29. The average Bonchev–Trinajstić information content (AvgIpc) is 2.98. The third-order valence-corrected chi connectivity index (χ3v) is 5.59. The van der Waals surface area contributed by atoms with Gasteiger partial charge in [-0.2, -0.15) is 4.99 Å². The molecule has 1 aromatic carbocycles. The summed E-state index contributed by atoms with van der Waals surface area (Å²) in [5.41, 5.74) is 1.65. The Kier molecular flexibility index (Phi) is 11.2. The second kappa shape index (κ2) is 13.9. The number of carbonyl (C=O) groups is 1. The second-order valence-electron chi connectivity index (χ2n) is 7.62. The van der Waals surface area contributed by atoms with E-state index in [0.29, 0.717) is 65.3 Å². The molecule has 0 fully saturated rings. The molecule has 6 nitrogen and oxygen atoms in total. The van der Waals surface area contributed by atoms with E-state index in [4.69, 9.17) is 38.0 Å². The number of hydrogen-bond donors (Lipinski definition) is 3. The van der Waals surface area contributed by atoms with Gasteiger partial charge in [0.05, 0.1) is 5.57 Å². The summed E-state index contributed by atoms with van der Waals surface area (Å²) in [6.07, 6.45) is 7.71. The fraction of sp³-hybridized carbons (Fsp3) is 0.360. The largest absolute Gasteiger partial charge is 0.443 e. The molecule has 0 spiro atoms. The Balaban J connectivity index is 2.35. The smallest absolute Gasteiger partial charge is 0.250 e. The van der Waals surface area contributed by atoms with Crippen LogP contribution >= 0.6 is 23.2 Å². The monoisotopic (exact) mass is 491 g/mol. The Morgan fingerprint density at radius 1 is 1.33 bits per heavy atom. The number of nitrogens with zero attached hydrogens (tertiary/aromatic N) is 1. The van der Waals surface area contributed by atoms with Crippen LogP contribution in [0.5, 0.6) is 5.75 Å². The zero-order chi connectivity index (χ0) is 24.2. The SMILES string of the molecule is C=C/C(Cl)=C\C=C(/C)CC1CCC(C(=O)NCCCO)=C(NC)N=C1Oc1ccc(Cl)cc1. The molecule has 1 unspecified atom stereocenters. The summed E-state index contributed by atoms with van der Waals surface area (Å²) >= 11 is 12.0. The molecule has 178 valence electrons. The lowest BCUT2D eigenvalue weighted by Crippen LogP contribution is -2.28. The molecule has 1 aromatic rings. The van der Waals surface area contributed by atoms with Crippen LogP contribution in [0.1, 0.15) is 32.6 Å². The molecule has 2 rings (SSSR count). The molecule has 0 saturated heterocycles. The number of benzene rings is 1. The first kappa shape index (κ1) is 26.7. The highest BCUT2D eigenvalue weighted by atomic mass is 35.5. The van der Waals surface area contributed by atoms with Gasteiger partial charge in [0.1, 0.15) is 11.6 Å². The highest BCUT2D eigenvalue weighted by Gasteiger charge is 2.27. The van der Waals surface area contributed by atoms with Crippen molar-refractivity contribution in [1.29, 1.82) is 0 Å². The maximum atomic E-state index is 12.8. The van der Waals surface area contributed by atoms with E-state index < -0.39 is 0 Å². The van der Waals surface area contributed by atoms with E-state index in [0.717, 1.165) is 5.57 Å². The van der Waals surface area contributed by atoms with E-state index in [1.165, 1.54) is 0 Å². The number of amides is 1. The number of nitrogens with one attached hydrogen (secondary N) is 2. The predicted octanol–water partition coefficient (Wildman–Crippen LogP) is 5.10. The van der Waals surface area contributed by atoms with E-state index >= 15 is 0 Å². The van der Waals surface area contributed by atoms with Crippen LogP contribution in [0.4, 0.5) is 0 Å². The number of aliphatic imine (C=N–C) groups is 1. The summed E-state index contributed by atoms with van der Waals surface area (Å²) in [6, 6.07) is 7.08. The predicted molar refractivity (Wildman–Crippen MR) is 136 cm³/mol. The van der Waals surface area contributed by atoms with Crippen LogP contribution in [0.15, 0.2) is 76.1 Å². The quantitative estimate of drug-likeness (QED) is 0.314. The maximum absolute atomic E-state index is 12.8. The van der Waals surface area contributed by atoms with Crippen molar-refractivity contribution in [2.24, 2.45) is 10.9 Å². The van der Waals surface area contributed by atoms with E-state index in [-0.39, 0.29) is 18.4 Å². The van der Waals surface area contributed by atoms with Crippen molar-refractivity contribution in [2.45, 2.75) is 32.6 Å². The minimum Gasteiger partial charge on any atom is -0.443 e. The number of allylic oxidation sites excluding steroid dienone is 5. The van der Waals surface area contributed by atoms with Crippen LogP contribution in [0.3, 0.4) is 0 Å². The van der Waals surface area contributed by atoms with E-state index in [1.54, 1.807) is 43.5 Å². The van der Waals surface area contributed by atoms with Crippen LogP contribution in [0, 0.1) is 5.92 Å². The van der Waals surface area contributed by atoms with Gasteiger partial charge < -0.3 is 20.5 Å². The van der Waals surface area contributed by atoms with Gasteiger partial charge in [-0.25, -0.2) is 0 Å². The average molecular weight is 492 g/mol. The molecule has 1 amide bonds. The zero-order valence-corrected chi connectivity index (χ0v) is 20.5. The molecule has 0 bridgehead atoms. The van der Waals surface area contributed by atoms with Gasteiger partial charge in [-0.1, -0.05) is 47.5 Å². The summed E-state index contributed by atoms with van der Waals surface area (Å²) in [4.78, 5) is 17.5. The van der Waals surface area contributed by atoms with E-state index in [2.05, 4.69) is 17.2 Å². The third-order valence-electron chi connectivity index (χ3n) is 5.06. The minimum atomic E-state index is -0.198. The van der Waals surface area contributed by atoms with Crippen molar-refractivity contribution >= 4 is 35.0 Å².